The van der Waals surface area contributed by atoms with Crippen molar-refractivity contribution in [2.24, 2.45) is 0 Å². The number of nitrogens with zero attached hydrogens (tertiary/aromatic N) is 1. The minimum atomic E-state index is 0.692. The molecule has 0 aliphatic carbocycles. The van der Waals surface area contributed by atoms with Gasteiger partial charge < -0.3 is 10.5 Å². The summed E-state index contributed by atoms with van der Waals surface area (Å²) in [5.41, 5.74) is 9.81. The third-order valence-electron chi connectivity index (χ3n) is 2.72. The number of anilines is 1. The number of benzene rings is 1. The number of nitrogen functional groups attached to an aromatic ring is 1. The predicted octanol–water partition coefficient (Wildman–Crippen LogP) is 2.57. The summed E-state index contributed by atoms with van der Waals surface area (Å²) < 4.78 is 5.34. The lowest BCUT2D eigenvalue weighted by molar-refractivity contribution is 0.410. The van der Waals surface area contributed by atoms with Gasteiger partial charge in [-0.05, 0) is 25.1 Å². The van der Waals surface area contributed by atoms with Crippen molar-refractivity contribution >= 4 is 5.69 Å². The lowest BCUT2D eigenvalue weighted by Crippen LogP contribution is -2.00. The smallest absolute Gasteiger partial charge is 0.122 e. The fourth-order valence-electron chi connectivity index (χ4n) is 1.82. The Bertz CT molecular complexity index is 523. The number of nitrogens with two attached hydrogens (primary N) is 1. The second-order valence-corrected chi connectivity index (χ2v) is 4.03. The summed E-state index contributed by atoms with van der Waals surface area (Å²) in [5, 5.41) is 0. The molecule has 1 heterocycles. The maximum atomic E-state index is 5.89. The molecule has 2 N–H and O–H groups in total. The van der Waals surface area contributed by atoms with Crippen molar-refractivity contribution in [3.05, 3.63) is 53.3 Å². The lowest BCUT2D eigenvalue weighted by Gasteiger charge is -2.10. The van der Waals surface area contributed by atoms with Crippen LogP contribution in [0.4, 0.5) is 5.69 Å². The summed E-state index contributed by atoms with van der Waals surface area (Å²) in [6, 6.07) is 9.82. The molecule has 88 valence electrons. The van der Waals surface area contributed by atoms with Gasteiger partial charge in [-0.3, -0.25) is 4.98 Å². The molecule has 0 amide bonds. The number of rotatable bonds is 3. The van der Waals surface area contributed by atoms with Crippen molar-refractivity contribution in [2.45, 2.75) is 13.3 Å². The normalized spacial score (nSPS) is 10.2. The number of aromatic nitrogens is 1. The molecule has 0 fully saturated rings. The number of methoxy groups -OCH3 is 1. The van der Waals surface area contributed by atoms with Crippen LogP contribution in [0, 0.1) is 6.92 Å². The summed E-state index contributed by atoms with van der Waals surface area (Å²) in [5.74, 6) is 0.876. The Kier molecular flexibility index (Phi) is 3.28. The molecule has 0 bridgehead atoms. The van der Waals surface area contributed by atoms with E-state index in [0.717, 1.165) is 22.7 Å². The van der Waals surface area contributed by atoms with E-state index < -0.39 is 0 Å². The zero-order valence-corrected chi connectivity index (χ0v) is 10.1. The SMILES string of the molecule is COc1ccc(C)cc1Cc1ncccc1N. The van der Waals surface area contributed by atoms with Gasteiger partial charge in [0.2, 0.25) is 0 Å². The van der Waals surface area contributed by atoms with Gasteiger partial charge in [0.15, 0.2) is 0 Å². The van der Waals surface area contributed by atoms with E-state index in [0.29, 0.717) is 6.42 Å². The van der Waals surface area contributed by atoms with Crippen LogP contribution < -0.4 is 10.5 Å². The van der Waals surface area contributed by atoms with E-state index in [1.165, 1.54) is 5.56 Å². The Morgan fingerprint density at radius 3 is 2.82 bits per heavy atom. The van der Waals surface area contributed by atoms with Gasteiger partial charge in [-0.2, -0.15) is 0 Å². The molecule has 17 heavy (non-hydrogen) atoms. The standard InChI is InChI=1S/C14H16N2O/c1-10-5-6-14(17-2)11(8-10)9-13-12(15)4-3-7-16-13/h3-8H,9,15H2,1-2H3. The maximum absolute atomic E-state index is 5.89. The topological polar surface area (TPSA) is 48.1 Å². The third-order valence-corrected chi connectivity index (χ3v) is 2.72. The number of aryl methyl sites for hydroxylation is 1. The minimum absolute atomic E-state index is 0.692. The van der Waals surface area contributed by atoms with Gasteiger partial charge in [0.05, 0.1) is 18.5 Å². The van der Waals surface area contributed by atoms with E-state index in [1.54, 1.807) is 13.3 Å². The molecule has 0 spiro atoms. The van der Waals surface area contributed by atoms with Crippen LogP contribution in [-0.4, -0.2) is 12.1 Å². The zero-order chi connectivity index (χ0) is 12.3. The first-order chi connectivity index (χ1) is 8.20. The summed E-state index contributed by atoms with van der Waals surface area (Å²) in [6.07, 6.45) is 2.45. The van der Waals surface area contributed by atoms with Crippen LogP contribution in [0.15, 0.2) is 36.5 Å². The average Bonchev–Trinajstić information content (AvgIpc) is 2.32. The van der Waals surface area contributed by atoms with Crippen LogP contribution in [0.3, 0.4) is 0 Å². The van der Waals surface area contributed by atoms with Crippen LogP contribution in [-0.2, 0) is 6.42 Å². The Balaban J connectivity index is 2.35. The molecule has 0 radical (unpaired) electrons. The van der Waals surface area contributed by atoms with Gasteiger partial charge in [-0.1, -0.05) is 17.7 Å². The molecule has 3 nitrogen and oxygen atoms in total. The Hall–Kier alpha value is -2.03. The monoisotopic (exact) mass is 228 g/mol. The molecule has 0 unspecified atom stereocenters. The molecule has 1 aromatic carbocycles. The number of hydrogen-bond acceptors (Lipinski definition) is 3. The highest BCUT2D eigenvalue weighted by Crippen LogP contribution is 2.23. The average molecular weight is 228 g/mol. The van der Waals surface area contributed by atoms with Crippen LogP contribution in [0.25, 0.3) is 0 Å². The molecular formula is C14H16N2O. The van der Waals surface area contributed by atoms with Gasteiger partial charge in [-0.15, -0.1) is 0 Å². The highest BCUT2D eigenvalue weighted by Gasteiger charge is 2.07. The first-order valence-corrected chi connectivity index (χ1v) is 5.53. The lowest BCUT2D eigenvalue weighted by atomic mass is 10.0. The van der Waals surface area contributed by atoms with Gasteiger partial charge in [-0.25, -0.2) is 0 Å². The summed E-state index contributed by atoms with van der Waals surface area (Å²) in [4.78, 5) is 4.30. The predicted molar refractivity (Wildman–Crippen MR) is 69.2 cm³/mol. The van der Waals surface area contributed by atoms with Crippen LogP contribution in [0.1, 0.15) is 16.8 Å². The first-order valence-electron chi connectivity index (χ1n) is 5.53. The van der Waals surface area contributed by atoms with E-state index >= 15 is 0 Å². The summed E-state index contributed by atoms with van der Waals surface area (Å²) in [6.45, 7) is 2.06. The molecule has 2 aromatic rings. The fourth-order valence-corrected chi connectivity index (χ4v) is 1.82. The summed E-state index contributed by atoms with van der Waals surface area (Å²) in [7, 11) is 1.68. The second-order valence-electron chi connectivity index (χ2n) is 4.03. The van der Waals surface area contributed by atoms with Crippen LogP contribution in [0.5, 0.6) is 5.75 Å². The van der Waals surface area contributed by atoms with E-state index in [-0.39, 0.29) is 0 Å². The van der Waals surface area contributed by atoms with E-state index in [1.807, 2.05) is 24.3 Å². The van der Waals surface area contributed by atoms with Crippen molar-refractivity contribution in [3.8, 4) is 5.75 Å². The molecule has 0 saturated heterocycles. The van der Waals surface area contributed by atoms with Crippen molar-refractivity contribution in [1.82, 2.24) is 4.98 Å². The van der Waals surface area contributed by atoms with Gasteiger partial charge in [0.25, 0.3) is 0 Å². The van der Waals surface area contributed by atoms with E-state index in [2.05, 4.69) is 18.0 Å². The van der Waals surface area contributed by atoms with Gasteiger partial charge >= 0.3 is 0 Å². The highest BCUT2D eigenvalue weighted by molar-refractivity contribution is 5.47. The fraction of sp³-hybridized carbons (Fsp3) is 0.214. The van der Waals surface area contributed by atoms with Gasteiger partial charge in [0, 0.05) is 18.2 Å². The van der Waals surface area contributed by atoms with E-state index in [4.69, 9.17) is 10.5 Å². The summed E-state index contributed by atoms with van der Waals surface area (Å²) >= 11 is 0. The molecule has 0 aliphatic rings. The van der Waals surface area contributed by atoms with Crippen LogP contribution >= 0.6 is 0 Å². The quantitative estimate of drug-likeness (QED) is 0.878. The third kappa shape index (κ3) is 2.56. The Labute approximate surface area is 101 Å². The van der Waals surface area contributed by atoms with Crippen molar-refractivity contribution in [3.63, 3.8) is 0 Å². The number of pyridine rings is 1. The Morgan fingerprint density at radius 1 is 1.29 bits per heavy atom. The molecule has 1 aromatic heterocycles. The highest BCUT2D eigenvalue weighted by atomic mass is 16.5. The largest absolute Gasteiger partial charge is 0.496 e. The molecule has 0 atom stereocenters. The molecular weight excluding hydrogens is 212 g/mol. The second kappa shape index (κ2) is 4.87. The van der Waals surface area contributed by atoms with Gasteiger partial charge in [0.1, 0.15) is 5.75 Å². The van der Waals surface area contributed by atoms with E-state index in [9.17, 15) is 0 Å². The molecule has 2 rings (SSSR count). The molecule has 0 saturated carbocycles. The maximum Gasteiger partial charge on any atom is 0.122 e. The first kappa shape index (κ1) is 11.5. The van der Waals surface area contributed by atoms with Crippen molar-refractivity contribution in [1.29, 1.82) is 0 Å². The number of hydrogen-bond donors (Lipinski definition) is 1. The zero-order valence-electron chi connectivity index (χ0n) is 10.1. The van der Waals surface area contributed by atoms with Crippen molar-refractivity contribution < 1.29 is 4.74 Å². The van der Waals surface area contributed by atoms with Crippen LogP contribution in [0.2, 0.25) is 0 Å². The van der Waals surface area contributed by atoms with Crippen molar-refractivity contribution in [2.75, 3.05) is 12.8 Å². The molecule has 3 heteroatoms. The Morgan fingerprint density at radius 2 is 2.12 bits per heavy atom. The minimum Gasteiger partial charge on any atom is -0.496 e. The number of ether oxygens (including phenoxy) is 1. The molecule has 0 aliphatic heterocycles.